The number of benzene rings is 2. The quantitative estimate of drug-likeness (QED) is 0.709. The Labute approximate surface area is 163 Å². The number of carbonyl (C=O) groups excluding carboxylic acids is 1. The summed E-state index contributed by atoms with van der Waals surface area (Å²) in [7, 11) is 0. The molecule has 0 saturated heterocycles. The highest BCUT2D eigenvalue weighted by Crippen LogP contribution is 2.43. The Morgan fingerprint density at radius 1 is 1.32 bits per heavy atom. The van der Waals surface area contributed by atoms with Gasteiger partial charge in [-0.2, -0.15) is 5.26 Å². The number of aromatic nitrogens is 2. The largest absolute Gasteiger partial charge is 0.388 e. The first-order chi connectivity index (χ1) is 13.5. The molecule has 1 amide bonds. The number of nitrogens with zero attached hydrogens (tertiary/aromatic N) is 3. The number of hydrogen-bond donors (Lipinski definition) is 2. The molecule has 1 aliphatic rings. The number of aliphatic hydroxyl groups excluding tert-OH is 1. The Hall–Kier alpha value is -3.17. The molecule has 4 rings (SSSR count). The molecule has 6 nitrogen and oxygen atoms in total. The minimum atomic E-state index is -0.872. The van der Waals surface area contributed by atoms with Gasteiger partial charge in [0.2, 0.25) is 11.9 Å². The number of fused-ring (bicyclic) bond motifs is 1. The van der Waals surface area contributed by atoms with E-state index in [0.29, 0.717) is 17.1 Å². The van der Waals surface area contributed by atoms with Crippen molar-refractivity contribution in [3.05, 3.63) is 59.7 Å². The summed E-state index contributed by atoms with van der Waals surface area (Å²) in [4.78, 5) is 17.2. The lowest BCUT2D eigenvalue weighted by molar-refractivity contribution is -0.118. The molecule has 0 unspecified atom stereocenters. The monoisotopic (exact) mass is 374 g/mol. The predicted octanol–water partition coefficient (Wildman–Crippen LogP) is 3.87. The van der Waals surface area contributed by atoms with E-state index in [1.165, 1.54) is 0 Å². The molecule has 0 bridgehead atoms. The van der Waals surface area contributed by atoms with Gasteiger partial charge >= 0.3 is 0 Å². The van der Waals surface area contributed by atoms with Crippen LogP contribution in [0.4, 0.5) is 5.95 Å². The third kappa shape index (κ3) is 3.25. The summed E-state index contributed by atoms with van der Waals surface area (Å²) in [6, 6.07) is 16.7. The van der Waals surface area contributed by atoms with Crippen LogP contribution in [0.5, 0.6) is 0 Å². The molecule has 1 saturated carbocycles. The minimum absolute atomic E-state index is 0.0482. The van der Waals surface area contributed by atoms with Gasteiger partial charge in [-0.25, -0.2) is 4.98 Å². The van der Waals surface area contributed by atoms with Gasteiger partial charge in [-0.1, -0.05) is 30.3 Å². The molecule has 0 radical (unpaired) electrons. The summed E-state index contributed by atoms with van der Waals surface area (Å²) < 4.78 is 2.04. The second kappa shape index (κ2) is 7.10. The Morgan fingerprint density at radius 3 is 2.71 bits per heavy atom. The van der Waals surface area contributed by atoms with E-state index in [2.05, 4.69) is 23.3 Å². The highest BCUT2D eigenvalue weighted by atomic mass is 16.3. The number of rotatable bonds is 5. The average molecular weight is 374 g/mol. The number of aliphatic hydroxyl groups is 1. The molecular formula is C22H22N4O2. The molecule has 1 aromatic heterocycles. The fourth-order valence-electron chi connectivity index (χ4n) is 3.83. The molecule has 3 aromatic rings. The average Bonchev–Trinajstić information content (AvgIpc) is 3.03. The standard InChI is InChI=1S/C22H22N4O2/c1-22(10-5-11-22)26-18-12-15(14-23)8-9-17(18)24-21(26)25-20(28)13-19(27)16-6-3-2-4-7-16/h2-4,6-9,12,19,27H,5,10-11,13H2,1H3,(H,24,25,28)/t19-/m1/s1. The Balaban J connectivity index is 1.64. The van der Waals surface area contributed by atoms with Crippen LogP contribution >= 0.6 is 0 Å². The third-order valence-corrected chi connectivity index (χ3v) is 5.57. The normalized spacial score (nSPS) is 16.2. The van der Waals surface area contributed by atoms with Gasteiger partial charge in [-0.3, -0.25) is 10.1 Å². The number of nitrogens with one attached hydrogen (secondary N) is 1. The predicted molar refractivity (Wildman–Crippen MR) is 107 cm³/mol. The minimum Gasteiger partial charge on any atom is -0.388 e. The highest BCUT2D eigenvalue weighted by Gasteiger charge is 2.37. The molecule has 6 heteroatoms. The van der Waals surface area contributed by atoms with E-state index >= 15 is 0 Å². The van der Waals surface area contributed by atoms with Crippen molar-refractivity contribution in [3.8, 4) is 6.07 Å². The van der Waals surface area contributed by atoms with Crippen molar-refractivity contribution in [1.29, 1.82) is 5.26 Å². The van der Waals surface area contributed by atoms with Gasteiger partial charge in [-0.05, 0) is 49.9 Å². The molecule has 0 spiro atoms. The van der Waals surface area contributed by atoms with Crippen LogP contribution in [0.1, 0.15) is 49.8 Å². The van der Waals surface area contributed by atoms with Gasteiger partial charge < -0.3 is 9.67 Å². The number of nitriles is 1. The van der Waals surface area contributed by atoms with Crippen molar-refractivity contribution in [2.24, 2.45) is 0 Å². The molecule has 1 atom stereocenters. The molecular weight excluding hydrogens is 352 g/mol. The van der Waals surface area contributed by atoms with E-state index in [1.54, 1.807) is 24.3 Å². The fourth-order valence-corrected chi connectivity index (χ4v) is 3.83. The summed E-state index contributed by atoms with van der Waals surface area (Å²) in [5.74, 6) is 0.175. The number of hydrogen-bond acceptors (Lipinski definition) is 4. The van der Waals surface area contributed by atoms with Crippen molar-refractivity contribution in [3.63, 3.8) is 0 Å². The van der Waals surface area contributed by atoms with Crippen molar-refractivity contribution in [1.82, 2.24) is 9.55 Å². The summed E-state index contributed by atoms with van der Waals surface area (Å²) in [6.45, 7) is 2.14. The van der Waals surface area contributed by atoms with Gasteiger partial charge in [0.05, 0.1) is 35.2 Å². The van der Waals surface area contributed by atoms with E-state index in [0.717, 1.165) is 30.3 Å². The Kier molecular flexibility index (Phi) is 4.62. The summed E-state index contributed by atoms with van der Waals surface area (Å²) in [5.41, 5.74) is 2.72. The Bertz CT molecular complexity index is 1060. The maximum absolute atomic E-state index is 12.6. The van der Waals surface area contributed by atoms with Crippen LogP contribution in [0, 0.1) is 11.3 Å². The first-order valence-electron chi connectivity index (χ1n) is 9.46. The topological polar surface area (TPSA) is 90.9 Å². The molecule has 1 heterocycles. The number of carbonyl (C=O) groups is 1. The summed E-state index contributed by atoms with van der Waals surface area (Å²) >= 11 is 0. The number of amides is 1. The van der Waals surface area contributed by atoms with Crippen LogP contribution in [0.15, 0.2) is 48.5 Å². The number of anilines is 1. The molecule has 1 fully saturated rings. The van der Waals surface area contributed by atoms with Crippen LogP contribution < -0.4 is 5.32 Å². The first-order valence-corrected chi connectivity index (χ1v) is 9.46. The van der Waals surface area contributed by atoms with E-state index in [4.69, 9.17) is 0 Å². The Morgan fingerprint density at radius 2 is 2.07 bits per heavy atom. The molecule has 142 valence electrons. The second-order valence-electron chi connectivity index (χ2n) is 7.62. The fraction of sp³-hybridized carbons (Fsp3) is 0.318. The zero-order chi connectivity index (χ0) is 19.7. The van der Waals surface area contributed by atoms with E-state index in [9.17, 15) is 15.2 Å². The molecule has 2 aromatic carbocycles. The maximum Gasteiger partial charge on any atom is 0.229 e. The van der Waals surface area contributed by atoms with Gasteiger partial charge in [0.1, 0.15) is 0 Å². The zero-order valence-corrected chi connectivity index (χ0v) is 15.7. The second-order valence-corrected chi connectivity index (χ2v) is 7.62. The van der Waals surface area contributed by atoms with Crippen molar-refractivity contribution in [2.75, 3.05) is 5.32 Å². The SMILES string of the molecule is CC1(n2c(NC(=O)C[C@@H](O)c3ccccc3)nc3ccc(C#N)cc32)CCC1. The van der Waals surface area contributed by atoms with Crippen LogP contribution in [0.25, 0.3) is 11.0 Å². The van der Waals surface area contributed by atoms with Crippen LogP contribution in [0.2, 0.25) is 0 Å². The zero-order valence-electron chi connectivity index (χ0n) is 15.7. The molecule has 0 aliphatic heterocycles. The third-order valence-electron chi connectivity index (χ3n) is 5.57. The smallest absolute Gasteiger partial charge is 0.229 e. The van der Waals surface area contributed by atoms with E-state index < -0.39 is 6.10 Å². The van der Waals surface area contributed by atoms with E-state index in [-0.39, 0.29) is 17.9 Å². The highest BCUT2D eigenvalue weighted by molar-refractivity contribution is 5.92. The molecule has 28 heavy (non-hydrogen) atoms. The van der Waals surface area contributed by atoms with Crippen LogP contribution in [-0.2, 0) is 10.3 Å². The van der Waals surface area contributed by atoms with Crippen LogP contribution in [-0.4, -0.2) is 20.6 Å². The van der Waals surface area contributed by atoms with Crippen molar-refractivity contribution < 1.29 is 9.90 Å². The summed E-state index contributed by atoms with van der Waals surface area (Å²) in [6.07, 6.45) is 2.18. The summed E-state index contributed by atoms with van der Waals surface area (Å²) in [5, 5.41) is 22.5. The maximum atomic E-state index is 12.6. The van der Waals surface area contributed by atoms with Crippen molar-refractivity contribution in [2.45, 2.75) is 44.2 Å². The van der Waals surface area contributed by atoms with Gasteiger partial charge in [0.25, 0.3) is 0 Å². The molecule has 2 N–H and O–H groups in total. The van der Waals surface area contributed by atoms with Gasteiger partial charge in [0, 0.05) is 5.54 Å². The van der Waals surface area contributed by atoms with Crippen molar-refractivity contribution >= 4 is 22.9 Å². The van der Waals surface area contributed by atoms with Gasteiger partial charge in [0.15, 0.2) is 0 Å². The van der Waals surface area contributed by atoms with Crippen LogP contribution in [0.3, 0.4) is 0 Å². The first kappa shape index (κ1) is 18.2. The number of imidazole rings is 1. The lowest BCUT2D eigenvalue weighted by Crippen LogP contribution is -2.38. The molecule has 1 aliphatic carbocycles. The van der Waals surface area contributed by atoms with E-state index in [1.807, 2.05) is 28.8 Å². The lowest BCUT2D eigenvalue weighted by atomic mass is 9.78. The van der Waals surface area contributed by atoms with Gasteiger partial charge in [-0.15, -0.1) is 0 Å². The lowest BCUT2D eigenvalue weighted by Gasteiger charge is -2.41.